The Balaban J connectivity index is 1.98. The van der Waals surface area contributed by atoms with Gasteiger partial charge in [-0.3, -0.25) is 9.59 Å². The van der Waals surface area contributed by atoms with Crippen LogP contribution in [0.4, 0.5) is 0 Å². The lowest BCUT2D eigenvalue weighted by atomic mass is 10.2. The highest BCUT2D eigenvalue weighted by molar-refractivity contribution is 5.94. The smallest absolute Gasteiger partial charge is 0.305 e. The molecule has 0 radical (unpaired) electrons. The van der Waals surface area contributed by atoms with Crippen molar-refractivity contribution in [2.45, 2.75) is 6.42 Å². The summed E-state index contributed by atoms with van der Waals surface area (Å²) in [6.45, 7) is 0.0823. The van der Waals surface area contributed by atoms with Crippen molar-refractivity contribution in [3.8, 4) is 5.82 Å². The van der Waals surface area contributed by atoms with Crippen molar-refractivity contribution in [3.63, 3.8) is 0 Å². The SMILES string of the molecule is O=C(O)CCNC(=O)c1ccc(-n2cncn2)nc1. The summed E-state index contributed by atoms with van der Waals surface area (Å²) in [6, 6.07) is 3.21. The summed E-state index contributed by atoms with van der Waals surface area (Å²) in [5.74, 6) is -0.779. The van der Waals surface area contributed by atoms with Crippen LogP contribution in [0.25, 0.3) is 5.82 Å². The molecule has 0 aromatic carbocycles. The quantitative estimate of drug-likeness (QED) is 0.775. The van der Waals surface area contributed by atoms with Gasteiger partial charge in [-0.05, 0) is 12.1 Å². The molecule has 19 heavy (non-hydrogen) atoms. The van der Waals surface area contributed by atoms with Crippen LogP contribution in [0.2, 0.25) is 0 Å². The number of hydrogen-bond donors (Lipinski definition) is 2. The maximum absolute atomic E-state index is 11.6. The fourth-order valence-electron chi connectivity index (χ4n) is 1.37. The first-order valence-electron chi connectivity index (χ1n) is 5.48. The van der Waals surface area contributed by atoms with Crippen LogP contribution >= 0.6 is 0 Å². The number of aliphatic carboxylic acids is 1. The van der Waals surface area contributed by atoms with E-state index < -0.39 is 5.97 Å². The van der Waals surface area contributed by atoms with Gasteiger partial charge in [0.15, 0.2) is 5.82 Å². The highest BCUT2D eigenvalue weighted by Gasteiger charge is 2.07. The third kappa shape index (κ3) is 3.35. The van der Waals surface area contributed by atoms with Gasteiger partial charge < -0.3 is 10.4 Å². The fourth-order valence-corrected chi connectivity index (χ4v) is 1.37. The van der Waals surface area contributed by atoms with Gasteiger partial charge in [0.25, 0.3) is 5.91 Å². The first-order valence-corrected chi connectivity index (χ1v) is 5.48. The van der Waals surface area contributed by atoms with Crippen molar-refractivity contribution in [1.82, 2.24) is 25.1 Å². The van der Waals surface area contributed by atoms with Crippen molar-refractivity contribution in [3.05, 3.63) is 36.5 Å². The minimum absolute atomic E-state index is 0.0823. The van der Waals surface area contributed by atoms with E-state index in [1.807, 2.05) is 0 Å². The van der Waals surface area contributed by atoms with Crippen LogP contribution < -0.4 is 5.32 Å². The van der Waals surface area contributed by atoms with Crippen LogP contribution in [0.15, 0.2) is 31.0 Å². The molecule has 0 saturated heterocycles. The lowest BCUT2D eigenvalue weighted by Gasteiger charge is -2.04. The molecular weight excluding hydrogens is 250 g/mol. The second-order valence-corrected chi connectivity index (χ2v) is 3.64. The number of carboxylic acid groups (broad SMARTS) is 1. The van der Waals surface area contributed by atoms with E-state index in [1.165, 1.54) is 23.5 Å². The summed E-state index contributed by atoms with van der Waals surface area (Å²) in [5.41, 5.74) is 0.356. The fraction of sp³-hybridized carbons (Fsp3) is 0.182. The van der Waals surface area contributed by atoms with Gasteiger partial charge in [-0.2, -0.15) is 5.10 Å². The van der Waals surface area contributed by atoms with E-state index in [9.17, 15) is 9.59 Å². The van der Waals surface area contributed by atoms with Gasteiger partial charge in [-0.1, -0.05) is 0 Å². The van der Waals surface area contributed by atoms with Gasteiger partial charge in [0, 0.05) is 12.7 Å². The number of aromatic nitrogens is 4. The highest BCUT2D eigenvalue weighted by atomic mass is 16.4. The predicted molar refractivity (Wildman–Crippen MR) is 63.7 cm³/mol. The molecule has 0 aliphatic rings. The van der Waals surface area contributed by atoms with E-state index in [2.05, 4.69) is 20.4 Å². The van der Waals surface area contributed by atoms with Crippen molar-refractivity contribution in [2.75, 3.05) is 6.54 Å². The van der Waals surface area contributed by atoms with E-state index in [-0.39, 0.29) is 18.9 Å². The zero-order chi connectivity index (χ0) is 13.7. The summed E-state index contributed by atoms with van der Waals surface area (Å²) in [4.78, 5) is 29.8. The van der Waals surface area contributed by atoms with Crippen LogP contribution in [0, 0.1) is 0 Å². The molecule has 8 heteroatoms. The van der Waals surface area contributed by atoms with E-state index in [1.54, 1.807) is 12.1 Å². The highest BCUT2D eigenvalue weighted by Crippen LogP contribution is 2.03. The van der Waals surface area contributed by atoms with E-state index in [4.69, 9.17) is 5.11 Å². The van der Waals surface area contributed by atoms with Gasteiger partial charge >= 0.3 is 5.97 Å². The molecule has 0 bridgehead atoms. The Labute approximate surface area is 108 Å². The zero-order valence-electron chi connectivity index (χ0n) is 9.85. The molecule has 0 unspecified atom stereocenters. The van der Waals surface area contributed by atoms with Crippen LogP contribution in [-0.4, -0.2) is 43.3 Å². The Morgan fingerprint density at radius 3 is 2.79 bits per heavy atom. The molecule has 98 valence electrons. The summed E-state index contributed by atoms with van der Waals surface area (Å²) >= 11 is 0. The molecule has 0 aliphatic carbocycles. The predicted octanol–water partition coefficient (Wildman–Crippen LogP) is -0.133. The van der Waals surface area contributed by atoms with E-state index in [0.717, 1.165) is 0 Å². The van der Waals surface area contributed by atoms with Crippen LogP contribution in [0.1, 0.15) is 16.8 Å². The van der Waals surface area contributed by atoms with Gasteiger partial charge in [0.1, 0.15) is 12.7 Å². The average molecular weight is 261 g/mol. The van der Waals surface area contributed by atoms with Gasteiger partial charge in [-0.25, -0.2) is 14.6 Å². The molecule has 2 aromatic heterocycles. The molecule has 2 rings (SSSR count). The molecule has 2 N–H and O–H groups in total. The molecule has 8 nitrogen and oxygen atoms in total. The maximum atomic E-state index is 11.6. The maximum Gasteiger partial charge on any atom is 0.305 e. The number of rotatable bonds is 5. The monoisotopic (exact) mass is 261 g/mol. The Morgan fingerprint density at radius 1 is 1.37 bits per heavy atom. The van der Waals surface area contributed by atoms with E-state index in [0.29, 0.717) is 11.4 Å². The third-order valence-electron chi connectivity index (χ3n) is 2.29. The molecule has 0 aliphatic heterocycles. The second-order valence-electron chi connectivity index (χ2n) is 3.64. The van der Waals surface area contributed by atoms with Crippen molar-refractivity contribution in [1.29, 1.82) is 0 Å². The van der Waals surface area contributed by atoms with Crippen molar-refractivity contribution < 1.29 is 14.7 Å². The first kappa shape index (κ1) is 12.7. The van der Waals surface area contributed by atoms with Crippen LogP contribution in [0.5, 0.6) is 0 Å². The summed E-state index contributed by atoms with van der Waals surface area (Å²) in [5, 5.41) is 14.9. The molecule has 2 aromatic rings. The van der Waals surface area contributed by atoms with Crippen LogP contribution in [-0.2, 0) is 4.79 Å². The number of nitrogens with one attached hydrogen (secondary N) is 1. The molecule has 1 amide bonds. The summed E-state index contributed by atoms with van der Waals surface area (Å²) in [6.07, 6.45) is 4.16. The largest absolute Gasteiger partial charge is 0.481 e. The molecule has 0 atom stereocenters. The number of carbonyl (C=O) groups is 2. The topological polar surface area (TPSA) is 110 Å². The van der Waals surface area contributed by atoms with Gasteiger partial charge in [-0.15, -0.1) is 0 Å². The summed E-state index contributed by atoms with van der Waals surface area (Å²) < 4.78 is 1.46. The lowest BCUT2D eigenvalue weighted by molar-refractivity contribution is -0.136. The molecule has 0 spiro atoms. The van der Waals surface area contributed by atoms with E-state index >= 15 is 0 Å². The standard InChI is InChI=1S/C11H11N5O3/c17-10(18)3-4-13-11(19)8-1-2-9(14-5-8)16-7-12-6-15-16/h1-2,5-7H,3-4H2,(H,13,19)(H,17,18). The Hall–Kier alpha value is -2.77. The average Bonchev–Trinajstić information content (AvgIpc) is 2.92. The lowest BCUT2D eigenvalue weighted by Crippen LogP contribution is -2.26. The number of hydrogen-bond acceptors (Lipinski definition) is 5. The number of amides is 1. The molecular formula is C11H11N5O3. The molecule has 0 fully saturated rings. The number of pyridine rings is 1. The second kappa shape index (κ2) is 5.71. The van der Waals surface area contributed by atoms with Gasteiger partial charge in [0.2, 0.25) is 0 Å². The third-order valence-corrected chi connectivity index (χ3v) is 2.29. The van der Waals surface area contributed by atoms with Crippen molar-refractivity contribution in [2.24, 2.45) is 0 Å². The molecule has 2 heterocycles. The minimum Gasteiger partial charge on any atom is -0.481 e. The normalized spacial score (nSPS) is 10.1. The number of nitrogens with zero attached hydrogens (tertiary/aromatic N) is 4. The Bertz CT molecular complexity index is 565. The number of carbonyl (C=O) groups excluding carboxylic acids is 1. The van der Waals surface area contributed by atoms with Crippen LogP contribution in [0.3, 0.4) is 0 Å². The number of carboxylic acids is 1. The minimum atomic E-state index is -0.958. The Morgan fingerprint density at radius 2 is 2.21 bits per heavy atom. The first-order chi connectivity index (χ1) is 9.16. The van der Waals surface area contributed by atoms with Gasteiger partial charge in [0.05, 0.1) is 12.0 Å². The Kier molecular flexibility index (Phi) is 3.81. The summed E-state index contributed by atoms with van der Waals surface area (Å²) in [7, 11) is 0. The van der Waals surface area contributed by atoms with Crippen molar-refractivity contribution >= 4 is 11.9 Å². The molecule has 0 saturated carbocycles. The zero-order valence-corrected chi connectivity index (χ0v) is 9.85.